The average molecular weight is 244 g/mol. The van der Waals surface area contributed by atoms with Gasteiger partial charge in [0.2, 0.25) is 0 Å². The zero-order valence-electron chi connectivity index (χ0n) is 10.7. The molecule has 2 heterocycles. The van der Waals surface area contributed by atoms with E-state index in [4.69, 9.17) is 0 Å². The molecule has 0 radical (unpaired) electrons. The van der Waals surface area contributed by atoms with Crippen molar-refractivity contribution in [2.45, 2.75) is 44.6 Å². The SMILES string of the molecule is O=Cc1ccc(N2CCCC2C2CCCC2)nc1. The van der Waals surface area contributed by atoms with Crippen LogP contribution in [0.15, 0.2) is 18.3 Å². The molecule has 3 rings (SSSR count). The number of anilines is 1. The molecule has 3 heteroatoms. The Kier molecular flexibility index (Phi) is 3.31. The minimum absolute atomic E-state index is 0.662. The van der Waals surface area contributed by atoms with Gasteiger partial charge in [-0.3, -0.25) is 4.79 Å². The van der Waals surface area contributed by atoms with Gasteiger partial charge in [-0.25, -0.2) is 4.98 Å². The van der Waals surface area contributed by atoms with Crippen LogP contribution in [0.25, 0.3) is 0 Å². The zero-order chi connectivity index (χ0) is 12.4. The molecular formula is C15H20N2O. The van der Waals surface area contributed by atoms with E-state index >= 15 is 0 Å². The van der Waals surface area contributed by atoms with E-state index < -0.39 is 0 Å². The van der Waals surface area contributed by atoms with Crippen LogP contribution in [0.4, 0.5) is 5.82 Å². The van der Waals surface area contributed by atoms with E-state index in [1.165, 1.54) is 38.5 Å². The van der Waals surface area contributed by atoms with Crippen molar-refractivity contribution in [3.05, 3.63) is 23.9 Å². The Morgan fingerprint density at radius 1 is 1.17 bits per heavy atom. The van der Waals surface area contributed by atoms with E-state index in [1.54, 1.807) is 6.20 Å². The molecule has 0 spiro atoms. The first-order chi connectivity index (χ1) is 8.88. The maximum absolute atomic E-state index is 10.7. The van der Waals surface area contributed by atoms with Crippen LogP contribution >= 0.6 is 0 Å². The lowest BCUT2D eigenvalue weighted by atomic mass is 9.96. The van der Waals surface area contributed by atoms with E-state index in [0.29, 0.717) is 11.6 Å². The van der Waals surface area contributed by atoms with Crippen LogP contribution < -0.4 is 4.90 Å². The number of hydrogen-bond acceptors (Lipinski definition) is 3. The van der Waals surface area contributed by atoms with Gasteiger partial charge in [0.25, 0.3) is 0 Å². The summed E-state index contributed by atoms with van der Waals surface area (Å²) in [5.74, 6) is 1.91. The molecule has 1 aliphatic heterocycles. The molecule has 1 aliphatic carbocycles. The number of aldehydes is 1. The third-order valence-corrected chi connectivity index (χ3v) is 4.44. The van der Waals surface area contributed by atoms with E-state index in [-0.39, 0.29) is 0 Å². The molecule has 0 N–H and O–H groups in total. The average Bonchev–Trinajstić information content (AvgIpc) is 3.09. The van der Waals surface area contributed by atoms with Crippen molar-refractivity contribution in [3.63, 3.8) is 0 Å². The number of nitrogens with zero attached hydrogens (tertiary/aromatic N) is 2. The fraction of sp³-hybridized carbons (Fsp3) is 0.600. The van der Waals surface area contributed by atoms with Crippen LogP contribution in [0.5, 0.6) is 0 Å². The van der Waals surface area contributed by atoms with Crippen LogP contribution in [-0.2, 0) is 0 Å². The first-order valence-electron chi connectivity index (χ1n) is 7.06. The summed E-state index contributed by atoms with van der Waals surface area (Å²) in [5, 5.41) is 0. The number of pyridine rings is 1. The van der Waals surface area contributed by atoms with Crippen molar-refractivity contribution in [1.29, 1.82) is 0 Å². The summed E-state index contributed by atoms with van der Waals surface area (Å²) in [6.07, 6.45) is 10.7. The van der Waals surface area contributed by atoms with Gasteiger partial charge in [-0.05, 0) is 43.7 Å². The maximum Gasteiger partial charge on any atom is 0.151 e. The predicted octanol–water partition coefficient (Wildman–Crippen LogP) is 3.05. The highest BCUT2D eigenvalue weighted by atomic mass is 16.1. The highest BCUT2D eigenvalue weighted by Crippen LogP contribution is 2.37. The Balaban J connectivity index is 1.78. The van der Waals surface area contributed by atoms with Crippen molar-refractivity contribution < 1.29 is 4.79 Å². The Hall–Kier alpha value is -1.38. The van der Waals surface area contributed by atoms with Gasteiger partial charge >= 0.3 is 0 Å². The summed E-state index contributed by atoms with van der Waals surface area (Å²) in [5.41, 5.74) is 0.662. The van der Waals surface area contributed by atoms with E-state index in [0.717, 1.165) is 24.6 Å². The highest BCUT2D eigenvalue weighted by molar-refractivity contribution is 5.74. The molecular weight excluding hydrogens is 224 g/mol. The van der Waals surface area contributed by atoms with Crippen LogP contribution in [0.3, 0.4) is 0 Å². The first kappa shape index (κ1) is 11.7. The Morgan fingerprint density at radius 3 is 2.67 bits per heavy atom. The van der Waals surface area contributed by atoms with Gasteiger partial charge in [0.15, 0.2) is 6.29 Å². The largest absolute Gasteiger partial charge is 0.353 e. The number of aromatic nitrogens is 1. The standard InChI is InChI=1S/C15H20N2O/c18-11-12-7-8-15(16-10-12)17-9-3-6-14(17)13-4-1-2-5-13/h7-8,10-11,13-14H,1-6,9H2. The monoisotopic (exact) mass is 244 g/mol. The summed E-state index contributed by atoms with van der Waals surface area (Å²) < 4.78 is 0. The second-order valence-electron chi connectivity index (χ2n) is 5.52. The van der Waals surface area contributed by atoms with Crippen molar-refractivity contribution in [1.82, 2.24) is 4.98 Å². The fourth-order valence-electron chi connectivity index (χ4n) is 3.55. The lowest BCUT2D eigenvalue weighted by Crippen LogP contribution is -2.35. The molecule has 0 bridgehead atoms. The van der Waals surface area contributed by atoms with Gasteiger partial charge in [-0.1, -0.05) is 12.8 Å². The minimum atomic E-state index is 0.662. The number of hydrogen-bond donors (Lipinski definition) is 0. The number of carbonyl (C=O) groups excluding carboxylic acids is 1. The summed E-state index contributed by atoms with van der Waals surface area (Å²) >= 11 is 0. The Morgan fingerprint density at radius 2 is 2.00 bits per heavy atom. The normalized spacial score (nSPS) is 24.7. The maximum atomic E-state index is 10.7. The van der Waals surface area contributed by atoms with Crippen molar-refractivity contribution >= 4 is 12.1 Å². The third-order valence-electron chi connectivity index (χ3n) is 4.44. The molecule has 0 aromatic carbocycles. The molecule has 18 heavy (non-hydrogen) atoms. The van der Waals surface area contributed by atoms with Gasteiger partial charge in [-0.2, -0.15) is 0 Å². The molecule has 1 unspecified atom stereocenters. The Bertz CT molecular complexity index is 409. The molecule has 96 valence electrons. The molecule has 0 amide bonds. The van der Waals surface area contributed by atoms with Crippen LogP contribution in [0.2, 0.25) is 0 Å². The van der Waals surface area contributed by atoms with E-state index in [9.17, 15) is 4.79 Å². The predicted molar refractivity (Wildman–Crippen MR) is 72.0 cm³/mol. The zero-order valence-corrected chi connectivity index (χ0v) is 10.7. The lowest BCUT2D eigenvalue weighted by molar-refractivity contribution is 0.112. The molecule has 1 saturated heterocycles. The summed E-state index contributed by atoms with van der Waals surface area (Å²) in [7, 11) is 0. The van der Waals surface area contributed by atoms with Gasteiger partial charge in [0.1, 0.15) is 5.82 Å². The van der Waals surface area contributed by atoms with Gasteiger partial charge in [0.05, 0.1) is 0 Å². The molecule has 2 fully saturated rings. The molecule has 3 nitrogen and oxygen atoms in total. The minimum Gasteiger partial charge on any atom is -0.353 e. The summed E-state index contributed by atoms with van der Waals surface area (Å²) in [6.45, 7) is 1.12. The molecule has 1 atom stereocenters. The van der Waals surface area contributed by atoms with Gasteiger partial charge in [-0.15, -0.1) is 0 Å². The topological polar surface area (TPSA) is 33.2 Å². The van der Waals surface area contributed by atoms with E-state index in [1.807, 2.05) is 12.1 Å². The molecule has 1 saturated carbocycles. The fourth-order valence-corrected chi connectivity index (χ4v) is 3.55. The molecule has 1 aromatic heterocycles. The van der Waals surface area contributed by atoms with Crippen molar-refractivity contribution in [3.8, 4) is 0 Å². The third kappa shape index (κ3) is 2.14. The number of carbonyl (C=O) groups is 1. The van der Waals surface area contributed by atoms with Gasteiger partial charge in [0, 0.05) is 24.3 Å². The highest BCUT2D eigenvalue weighted by Gasteiger charge is 2.33. The number of rotatable bonds is 3. The molecule has 1 aromatic rings. The lowest BCUT2D eigenvalue weighted by Gasteiger charge is -2.30. The summed E-state index contributed by atoms with van der Waals surface area (Å²) in [4.78, 5) is 17.6. The molecule has 2 aliphatic rings. The second-order valence-corrected chi connectivity index (χ2v) is 5.52. The van der Waals surface area contributed by atoms with Gasteiger partial charge < -0.3 is 4.90 Å². The van der Waals surface area contributed by atoms with Crippen LogP contribution in [0, 0.1) is 5.92 Å². The smallest absolute Gasteiger partial charge is 0.151 e. The Labute approximate surface area is 108 Å². The van der Waals surface area contributed by atoms with Crippen LogP contribution in [-0.4, -0.2) is 23.9 Å². The van der Waals surface area contributed by atoms with Crippen LogP contribution in [0.1, 0.15) is 48.9 Å². The van der Waals surface area contributed by atoms with Crippen molar-refractivity contribution in [2.75, 3.05) is 11.4 Å². The first-order valence-corrected chi connectivity index (χ1v) is 7.06. The summed E-state index contributed by atoms with van der Waals surface area (Å²) in [6, 6.07) is 4.55. The van der Waals surface area contributed by atoms with Crippen molar-refractivity contribution in [2.24, 2.45) is 5.92 Å². The second kappa shape index (κ2) is 5.09. The quantitative estimate of drug-likeness (QED) is 0.766. The van der Waals surface area contributed by atoms with E-state index in [2.05, 4.69) is 9.88 Å².